The van der Waals surface area contributed by atoms with Crippen LogP contribution in [-0.2, 0) is 6.42 Å². The van der Waals surface area contributed by atoms with Crippen LogP contribution in [-0.4, -0.2) is 4.98 Å². The van der Waals surface area contributed by atoms with Crippen molar-refractivity contribution < 1.29 is 0 Å². The van der Waals surface area contributed by atoms with Gasteiger partial charge in [-0.2, -0.15) is 0 Å². The molecule has 0 saturated heterocycles. The summed E-state index contributed by atoms with van der Waals surface area (Å²) >= 11 is 3.68. The molecule has 2 aromatic carbocycles. The topological polar surface area (TPSA) is 15.8 Å². The van der Waals surface area contributed by atoms with Crippen molar-refractivity contribution >= 4 is 26.8 Å². The predicted molar refractivity (Wildman–Crippen MR) is 75.2 cm³/mol. The van der Waals surface area contributed by atoms with Gasteiger partial charge in [-0.15, -0.1) is 0 Å². The summed E-state index contributed by atoms with van der Waals surface area (Å²) in [6.07, 6.45) is 0.927. The normalized spacial score (nSPS) is 10.9. The SMILES string of the molecule is Brc1c(Cc2ccccc2)[nH]c2ccccc12. The molecule has 0 fully saturated rings. The third-order valence-electron chi connectivity index (χ3n) is 2.94. The molecule has 0 aliphatic carbocycles. The molecule has 84 valence electrons. The van der Waals surface area contributed by atoms with Crippen molar-refractivity contribution in [3.8, 4) is 0 Å². The first-order valence-electron chi connectivity index (χ1n) is 5.63. The zero-order valence-electron chi connectivity index (χ0n) is 9.28. The van der Waals surface area contributed by atoms with Gasteiger partial charge in [0.05, 0.1) is 0 Å². The number of halogens is 1. The number of nitrogens with one attached hydrogen (secondary N) is 1. The monoisotopic (exact) mass is 285 g/mol. The van der Waals surface area contributed by atoms with Gasteiger partial charge in [0.1, 0.15) is 0 Å². The molecule has 1 heterocycles. The van der Waals surface area contributed by atoms with Crippen LogP contribution in [0.25, 0.3) is 10.9 Å². The zero-order valence-corrected chi connectivity index (χ0v) is 10.9. The van der Waals surface area contributed by atoms with E-state index in [1.807, 2.05) is 6.07 Å². The van der Waals surface area contributed by atoms with Crippen molar-refractivity contribution in [2.24, 2.45) is 0 Å². The Hall–Kier alpha value is -1.54. The summed E-state index contributed by atoms with van der Waals surface area (Å²) in [5.74, 6) is 0. The number of H-pyrrole nitrogens is 1. The number of hydrogen-bond donors (Lipinski definition) is 1. The van der Waals surface area contributed by atoms with Crippen LogP contribution in [0.2, 0.25) is 0 Å². The first-order chi connectivity index (χ1) is 8.34. The second-order valence-corrected chi connectivity index (χ2v) is 4.92. The van der Waals surface area contributed by atoms with Crippen LogP contribution in [0.1, 0.15) is 11.3 Å². The van der Waals surface area contributed by atoms with Gasteiger partial charge in [-0.05, 0) is 27.6 Å². The quantitative estimate of drug-likeness (QED) is 0.713. The number of aromatic amines is 1. The second kappa shape index (κ2) is 4.38. The van der Waals surface area contributed by atoms with Crippen molar-refractivity contribution in [3.05, 3.63) is 70.3 Å². The summed E-state index contributed by atoms with van der Waals surface area (Å²) in [4.78, 5) is 3.47. The lowest BCUT2D eigenvalue weighted by atomic mass is 10.1. The van der Waals surface area contributed by atoms with Gasteiger partial charge < -0.3 is 4.98 Å². The minimum Gasteiger partial charge on any atom is -0.357 e. The molecule has 0 radical (unpaired) electrons. The largest absolute Gasteiger partial charge is 0.357 e. The molecular weight excluding hydrogens is 274 g/mol. The minimum absolute atomic E-state index is 0.927. The Morgan fingerprint density at radius 3 is 2.35 bits per heavy atom. The lowest BCUT2D eigenvalue weighted by molar-refractivity contribution is 1.11. The molecule has 3 aromatic rings. The van der Waals surface area contributed by atoms with Crippen LogP contribution in [0.5, 0.6) is 0 Å². The first-order valence-corrected chi connectivity index (χ1v) is 6.43. The van der Waals surface area contributed by atoms with Gasteiger partial charge in [0.25, 0.3) is 0 Å². The van der Waals surface area contributed by atoms with E-state index in [1.54, 1.807) is 0 Å². The van der Waals surface area contributed by atoms with Crippen LogP contribution in [0.15, 0.2) is 59.1 Å². The maximum absolute atomic E-state index is 3.68. The molecule has 0 unspecified atom stereocenters. The summed E-state index contributed by atoms with van der Waals surface area (Å²) < 4.78 is 1.18. The Labute approximate surface area is 109 Å². The lowest BCUT2D eigenvalue weighted by Gasteiger charge is -1.99. The molecule has 1 N–H and O–H groups in total. The van der Waals surface area contributed by atoms with E-state index in [1.165, 1.54) is 26.6 Å². The number of rotatable bonds is 2. The fourth-order valence-corrected chi connectivity index (χ4v) is 2.67. The highest BCUT2D eigenvalue weighted by molar-refractivity contribution is 9.10. The van der Waals surface area contributed by atoms with Gasteiger partial charge in [-0.3, -0.25) is 0 Å². The highest BCUT2D eigenvalue weighted by Gasteiger charge is 2.08. The van der Waals surface area contributed by atoms with Gasteiger partial charge >= 0.3 is 0 Å². The average molecular weight is 286 g/mol. The summed E-state index contributed by atoms with van der Waals surface area (Å²) in [6, 6.07) is 18.8. The van der Waals surface area contributed by atoms with Crippen LogP contribution in [0.3, 0.4) is 0 Å². The highest BCUT2D eigenvalue weighted by Crippen LogP contribution is 2.29. The number of benzene rings is 2. The van der Waals surface area contributed by atoms with Crippen molar-refractivity contribution in [1.82, 2.24) is 4.98 Å². The summed E-state index contributed by atoms with van der Waals surface area (Å²) in [5, 5.41) is 1.25. The summed E-state index contributed by atoms with van der Waals surface area (Å²) in [5.41, 5.74) is 3.74. The maximum Gasteiger partial charge on any atom is 0.0467 e. The molecule has 0 aliphatic rings. The average Bonchev–Trinajstić information content (AvgIpc) is 2.68. The maximum atomic E-state index is 3.68. The van der Waals surface area contributed by atoms with E-state index in [4.69, 9.17) is 0 Å². The van der Waals surface area contributed by atoms with Crippen LogP contribution in [0, 0.1) is 0 Å². The molecule has 1 nitrogen and oxygen atoms in total. The highest BCUT2D eigenvalue weighted by atomic mass is 79.9. The van der Waals surface area contributed by atoms with Crippen molar-refractivity contribution in [2.75, 3.05) is 0 Å². The fraction of sp³-hybridized carbons (Fsp3) is 0.0667. The zero-order chi connectivity index (χ0) is 11.7. The number of hydrogen-bond acceptors (Lipinski definition) is 0. The van der Waals surface area contributed by atoms with E-state index in [0.717, 1.165) is 6.42 Å². The minimum atomic E-state index is 0.927. The van der Waals surface area contributed by atoms with Gasteiger partial charge in [-0.25, -0.2) is 0 Å². The van der Waals surface area contributed by atoms with Crippen molar-refractivity contribution in [3.63, 3.8) is 0 Å². The standard InChI is InChI=1S/C15H12BrN/c16-15-12-8-4-5-9-13(12)17-14(15)10-11-6-2-1-3-7-11/h1-9,17H,10H2. The van der Waals surface area contributed by atoms with Crippen LogP contribution >= 0.6 is 15.9 Å². The third kappa shape index (κ3) is 2.01. The molecule has 0 amide bonds. The van der Waals surface area contributed by atoms with Gasteiger partial charge in [0.15, 0.2) is 0 Å². The van der Waals surface area contributed by atoms with Crippen LogP contribution in [0.4, 0.5) is 0 Å². The van der Waals surface area contributed by atoms with E-state index in [9.17, 15) is 0 Å². The van der Waals surface area contributed by atoms with Gasteiger partial charge in [-0.1, -0.05) is 48.5 Å². The predicted octanol–water partition coefficient (Wildman–Crippen LogP) is 4.52. The molecule has 0 aliphatic heterocycles. The van der Waals surface area contributed by atoms with E-state index in [-0.39, 0.29) is 0 Å². The Kier molecular flexibility index (Phi) is 2.73. The van der Waals surface area contributed by atoms with E-state index in [0.29, 0.717) is 0 Å². The summed E-state index contributed by atoms with van der Waals surface area (Å²) in [7, 11) is 0. The Balaban J connectivity index is 2.04. The number of fused-ring (bicyclic) bond motifs is 1. The Morgan fingerprint density at radius 2 is 1.59 bits per heavy atom. The molecule has 0 atom stereocenters. The van der Waals surface area contributed by atoms with Gasteiger partial charge in [0, 0.05) is 27.5 Å². The molecule has 0 saturated carbocycles. The molecule has 0 spiro atoms. The first kappa shape index (κ1) is 10.6. The number of aromatic nitrogens is 1. The van der Waals surface area contributed by atoms with E-state index >= 15 is 0 Å². The molecule has 2 heteroatoms. The molecule has 1 aromatic heterocycles. The molecule has 3 rings (SSSR count). The van der Waals surface area contributed by atoms with Gasteiger partial charge in [0.2, 0.25) is 0 Å². The molecular formula is C15H12BrN. The Bertz CT molecular complexity index is 640. The van der Waals surface area contributed by atoms with E-state index < -0.39 is 0 Å². The second-order valence-electron chi connectivity index (χ2n) is 4.13. The summed E-state index contributed by atoms with van der Waals surface area (Å²) in [6.45, 7) is 0. The molecule has 17 heavy (non-hydrogen) atoms. The fourth-order valence-electron chi connectivity index (χ4n) is 2.09. The molecule has 0 bridgehead atoms. The smallest absolute Gasteiger partial charge is 0.0467 e. The van der Waals surface area contributed by atoms with E-state index in [2.05, 4.69) is 69.4 Å². The third-order valence-corrected chi connectivity index (χ3v) is 3.84. The van der Waals surface area contributed by atoms with Crippen molar-refractivity contribution in [2.45, 2.75) is 6.42 Å². The lowest BCUT2D eigenvalue weighted by Crippen LogP contribution is -1.88. The number of para-hydroxylation sites is 1. The van der Waals surface area contributed by atoms with Crippen molar-refractivity contribution in [1.29, 1.82) is 0 Å². The Morgan fingerprint density at radius 1 is 0.882 bits per heavy atom. The van der Waals surface area contributed by atoms with Crippen LogP contribution < -0.4 is 0 Å².